The van der Waals surface area contributed by atoms with Crippen LogP contribution < -0.4 is 35.6 Å². The number of rotatable bonds is 12. The zero-order valence-corrected chi connectivity index (χ0v) is 40.3. The topological polar surface area (TPSA) is 168 Å². The van der Waals surface area contributed by atoms with Crippen LogP contribution in [0.25, 0.3) is 5.57 Å². The molecule has 0 radical (unpaired) electrons. The summed E-state index contributed by atoms with van der Waals surface area (Å²) >= 11 is 6.28. The highest BCUT2D eigenvalue weighted by Gasteiger charge is 2.64. The van der Waals surface area contributed by atoms with Crippen molar-refractivity contribution in [1.82, 2.24) is 31.1 Å². The summed E-state index contributed by atoms with van der Waals surface area (Å²) in [4.78, 5) is 33.3. The molecule has 3 aromatic carbocycles. The second-order valence-corrected chi connectivity index (χ2v) is 23.0. The van der Waals surface area contributed by atoms with Gasteiger partial charge in [0.15, 0.2) is 9.84 Å². The lowest BCUT2D eigenvalue weighted by atomic mass is 9.49. The van der Waals surface area contributed by atoms with Crippen LogP contribution in [0.15, 0.2) is 71.8 Å². The molecule has 4 N–H and O–H groups in total. The molecule has 2 unspecified atom stereocenters. The number of hydrogen-bond donors (Lipinski definition) is 4. The van der Waals surface area contributed by atoms with Crippen molar-refractivity contribution in [2.24, 2.45) is 34.5 Å². The van der Waals surface area contributed by atoms with Crippen LogP contribution in [0.5, 0.6) is 17.2 Å². The monoisotopic (exact) mass is 938 g/mol. The lowest BCUT2D eigenvalue weighted by molar-refractivity contribution is -0.174. The maximum Gasteiger partial charge on any atom is 0.244 e. The molecule has 14 nitrogen and oxygen atoms in total. The minimum Gasteiger partial charge on any atom is -0.489 e. The van der Waals surface area contributed by atoms with E-state index in [1.54, 1.807) is 55.3 Å². The van der Waals surface area contributed by atoms with Crippen molar-refractivity contribution in [2.45, 2.75) is 83.3 Å². The van der Waals surface area contributed by atoms with Gasteiger partial charge in [0.1, 0.15) is 35.7 Å². The fourth-order valence-electron chi connectivity index (χ4n) is 11.8. The Bertz CT molecular complexity index is 2510. The predicted octanol–water partition coefficient (Wildman–Crippen LogP) is 5.83. The molecule has 0 bridgehead atoms. The summed E-state index contributed by atoms with van der Waals surface area (Å²) in [6, 6.07) is 20.0. The first-order chi connectivity index (χ1) is 31.5. The van der Waals surface area contributed by atoms with E-state index < -0.39 is 9.84 Å². The molecule has 5 aliphatic heterocycles. The first-order valence-electron chi connectivity index (χ1n) is 23.5. The number of nitriles is 1. The highest BCUT2D eigenvalue weighted by atomic mass is 35.5. The van der Waals surface area contributed by atoms with Gasteiger partial charge in [-0.1, -0.05) is 46.2 Å². The standard InChI is InChI=1S/C50H63ClN8O6S/c1-7-66(62,63)37-14-15-42(39(23-37)40-29-57(6)45(61)43-38(40)16-19-53-43)64-35-12-9-34(10-13-35)59-27-33(28-59)30-17-20-58(21-18-30)48-54-25-32(26-55-48)44(60)56-46-49(2,3)47(50(46,4)5)65-36-11-8-31(24-52)41(51)22-36/h8-15,22-23,29-30,32-33,38,43,46-48,53-55H,7,16-21,25-28H2,1-6H3,(H,56,60). The molecule has 352 valence electrons. The Balaban J connectivity index is 0.735. The minimum atomic E-state index is -3.46. The lowest BCUT2D eigenvalue weighted by Gasteiger charge is -2.63. The SMILES string of the molecule is CCS(=O)(=O)c1ccc(Oc2ccc(N3CC(C4CCN(C5NCC(C(=O)NC6C(C)(C)C(Oc7ccc(C#N)c(Cl)c7)C6(C)C)CN5)CC4)C3)cc2)c(C2=CN(C)C(=O)C3NCCC23)c1. The third-order valence-electron chi connectivity index (χ3n) is 15.4. The maximum atomic E-state index is 13.6. The van der Waals surface area contributed by atoms with Crippen molar-refractivity contribution in [2.75, 3.05) is 63.5 Å². The Morgan fingerprint density at radius 3 is 2.26 bits per heavy atom. The number of likely N-dealkylation sites (tertiary alicyclic amines) is 1. The first-order valence-corrected chi connectivity index (χ1v) is 25.5. The van der Waals surface area contributed by atoms with E-state index in [2.05, 4.69) is 77.0 Å². The van der Waals surface area contributed by atoms with Gasteiger partial charge in [-0.25, -0.2) is 8.42 Å². The number of amides is 2. The maximum absolute atomic E-state index is 13.6. The fourth-order valence-corrected chi connectivity index (χ4v) is 12.9. The lowest BCUT2D eigenvalue weighted by Crippen LogP contribution is -2.75. The first kappa shape index (κ1) is 46.4. The summed E-state index contributed by atoms with van der Waals surface area (Å²) in [7, 11) is -1.73. The Morgan fingerprint density at radius 2 is 1.61 bits per heavy atom. The van der Waals surface area contributed by atoms with Crippen molar-refractivity contribution < 1.29 is 27.5 Å². The van der Waals surface area contributed by atoms with E-state index in [4.69, 9.17) is 21.1 Å². The molecule has 66 heavy (non-hydrogen) atoms. The number of nitrogens with one attached hydrogen (secondary N) is 4. The molecule has 4 saturated heterocycles. The van der Waals surface area contributed by atoms with E-state index in [0.717, 1.165) is 56.7 Å². The number of carbonyl (C=O) groups is 2. The fraction of sp³-hybridized carbons (Fsp3) is 0.540. The van der Waals surface area contributed by atoms with Crippen molar-refractivity contribution in [1.29, 1.82) is 5.26 Å². The quantitative estimate of drug-likeness (QED) is 0.172. The van der Waals surface area contributed by atoms with E-state index in [9.17, 15) is 23.3 Å². The summed E-state index contributed by atoms with van der Waals surface area (Å²) in [5.74, 6) is 2.92. The van der Waals surface area contributed by atoms with Gasteiger partial charge in [-0.15, -0.1) is 0 Å². The number of anilines is 1. The average Bonchev–Trinajstić information content (AvgIpc) is 3.80. The number of nitrogens with zero attached hydrogens (tertiary/aromatic N) is 4. The molecule has 6 aliphatic rings. The number of benzene rings is 3. The Morgan fingerprint density at radius 1 is 0.924 bits per heavy atom. The van der Waals surface area contributed by atoms with Crippen molar-refractivity contribution >= 4 is 44.5 Å². The van der Waals surface area contributed by atoms with Gasteiger partial charge < -0.3 is 29.9 Å². The molecule has 5 fully saturated rings. The van der Waals surface area contributed by atoms with Gasteiger partial charge >= 0.3 is 0 Å². The average molecular weight is 940 g/mol. The normalized spacial score (nSPS) is 27.8. The van der Waals surface area contributed by atoms with Gasteiger partial charge in [0.2, 0.25) is 11.8 Å². The molecule has 1 aliphatic carbocycles. The highest BCUT2D eigenvalue weighted by Crippen LogP contribution is 2.56. The second-order valence-electron chi connectivity index (χ2n) is 20.3. The van der Waals surface area contributed by atoms with Gasteiger partial charge in [0.25, 0.3) is 0 Å². The number of piperidine rings is 1. The summed E-state index contributed by atoms with van der Waals surface area (Å²) in [5, 5.41) is 23.6. The number of halogens is 1. The van der Waals surface area contributed by atoms with Crippen molar-refractivity contribution in [3.05, 3.63) is 83.0 Å². The molecule has 16 heteroatoms. The molecular formula is C50H63ClN8O6S. The summed E-state index contributed by atoms with van der Waals surface area (Å²) in [6.07, 6.45) is 4.77. The van der Waals surface area contributed by atoms with E-state index in [1.165, 1.54) is 0 Å². The van der Waals surface area contributed by atoms with E-state index in [-0.39, 0.29) is 69.6 Å². The van der Waals surface area contributed by atoms with Crippen molar-refractivity contribution in [3.63, 3.8) is 0 Å². The van der Waals surface area contributed by atoms with E-state index in [0.29, 0.717) is 64.9 Å². The summed E-state index contributed by atoms with van der Waals surface area (Å²) in [6.45, 7) is 16.1. The molecule has 0 spiro atoms. The number of likely N-dealkylation sites (N-methyl/N-ethyl adjacent to an activating group) is 1. The third-order valence-corrected chi connectivity index (χ3v) is 17.5. The predicted molar refractivity (Wildman–Crippen MR) is 255 cm³/mol. The van der Waals surface area contributed by atoms with E-state index in [1.807, 2.05) is 18.3 Å². The van der Waals surface area contributed by atoms with Crippen LogP contribution in [0.3, 0.4) is 0 Å². The Kier molecular flexibility index (Phi) is 12.7. The molecule has 2 atom stereocenters. The molecule has 5 heterocycles. The van der Waals surface area contributed by atoms with Gasteiger partial charge in [0, 0.05) is 92.6 Å². The molecule has 2 amide bonds. The smallest absolute Gasteiger partial charge is 0.244 e. The summed E-state index contributed by atoms with van der Waals surface area (Å²) in [5.41, 5.74) is 2.51. The third kappa shape index (κ3) is 8.69. The van der Waals surface area contributed by atoms with Crippen LogP contribution in [0, 0.1) is 45.8 Å². The molecule has 0 aromatic heterocycles. The highest BCUT2D eigenvalue weighted by molar-refractivity contribution is 7.91. The molecule has 1 saturated carbocycles. The van der Waals surface area contributed by atoms with Crippen LogP contribution in [-0.4, -0.2) is 113 Å². The largest absolute Gasteiger partial charge is 0.489 e. The zero-order chi connectivity index (χ0) is 46.7. The number of sulfone groups is 1. The van der Waals surface area contributed by atoms with Crippen LogP contribution in [-0.2, 0) is 19.4 Å². The van der Waals surface area contributed by atoms with Crippen LogP contribution >= 0.6 is 11.6 Å². The minimum absolute atomic E-state index is 0.00587. The van der Waals surface area contributed by atoms with Crippen LogP contribution in [0.1, 0.15) is 65.0 Å². The molecule has 3 aromatic rings. The van der Waals surface area contributed by atoms with E-state index >= 15 is 0 Å². The number of carbonyl (C=O) groups excluding carboxylic acids is 2. The van der Waals surface area contributed by atoms with Gasteiger partial charge in [-0.05, 0) is 97.8 Å². The number of hydrogen-bond acceptors (Lipinski definition) is 12. The zero-order valence-electron chi connectivity index (χ0n) is 38.8. The van der Waals surface area contributed by atoms with Gasteiger partial charge in [-0.3, -0.25) is 25.1 Å². The Hall–Kier alpha value is -4.69. The number of fused-ring (bicyclic) bond motifs is 1. The molecule has 9 rings (SSSR count). The van der Waals surface area contributed by atoms with Crippen LogP contribution in [0.2, 0.25) is 5.02 Å². The second kappa shape index (κ2) is 18.1. The van der Waals surface area contributed by atoms with Crippen LogP contribution in [0.4, 0.5) is 5.69 Å². The Labute approximate surface area is 394 Å². The van der Waals surface area contributed by atoms with Gasteiger partial charge in [-0.2, -0.15) is 5.26 Å². The van der Waals surface area contributed by atoms with Gasteiger partial charge in [0.05, 0.1) is 33.2 Å². The number of ether oxygens (including phenoxy) is 2. The summed E-state index contributed by atoms with van der Waals surface area (Å²) < 4.78 is 38.8. The molecular weight excluding hydrogens is 876 g/mol. The van der Waals surface area contributed by atoms with Crippen molar-refractivity contribution in [3.8, 4) is 23.3 Å².